The number of benzene rings is 2. The number of aromatic nitrogens is 3. The maximum atomic E-state index is 17.2. The molecular formula is C39H41F2N7O4. The second kappa shape index (κ2) is 13.5. The van der Waals surface area contributed by atoms with Gasteiger partial charge in [-0.05, 0) is 50.1 Å². The van der Waals surface area contributed by atoms with E-state index in [-0.39, 0.29) is 71.6 Å². The van der Waals surface area contributed by atoms with Gasteiger partial charge < -0.3 is 29.3 Å². The van der Waals surface area contributed by atoms with E-state index >= 15 is 8.78 Å². The number of rotatable bonds is 8. The van der Waals surface area contributed by atoms with Gasteiger partial charge in [0.05, 0.1) is 17.1 Å². The summed E-state index contributed by atoms with van der Waals surface area (Å²) in [7, 11) is 3.33. The van der Waals surface area contributed by atoms with Crippen molar-refractivity contribution in [2.45, 2.75) is 55.8 Å². The number of hydrogen-bond donors (Lipinski definition) is 1. The van der Waals surface area contributed by atoms with Gasteiger partial charge in [-0.2, -0.15) is 9.97 Å². The number of hydrogen-bond acceptors (Lipinski definition) is 10. The third kappa shape index (κ3) is 5.74. The van der Waals surface area contributed by atoms with Gasteiger partial charge in [-0.3, -0.25) is 4.90 Å². The summed E-state index contributed by atoms with van der Waals surface area (Å²) in [5.74, 6) is 1.83. The maximum absolute atomic E-state index is 17.2. The molecule has 0 spiro atoms. The van der Waals surface area contributed by atoms with E-state index in [0.29, 0.717) is 47.2 Å². The van der Waals surface area contributed by atoms with Crippen LogP contribution in [0.25, 0.3) is 32.9 Å². The van der Waals surface area contributed by atoms with Crippen molar-refractivity contribution in [1.82, 2.24) is 30.1 Å². The van der Waals surface area contributed by atoms with Crippen molar-refractivity contribution in [2.24, 2.45) is 0 Å². The predicted molar refractivity (Wildman–Crippen MR) is 194 cm³/mol. The molecule has 11 nitrogen and oxygen atoms in total. The lowest BCUT2D eigenvalue weighted by Crippen LogP contribution is -2.58. The Morgan fingerprint density at radius 2 is 2.08 bits per heavy atom. The zero-order valence-electron chi connectivity index (χ0n) is 29.3. The van der Waals surface area contributed by atoms with Crippen LogP contribution in [-0.2, 0) is 4.74 Å². The van der Waals surface area contributed by atoms with E-state index in [0.717, 1.165) is 38.6 Å². The molecule has 0 bridgehead atoms. The molecule has 1 N–H and O–H groups in total. The quantitative estimate of drug-likeness (QED) is 0.192. The number of amides is 1. The number of terminal acetylenes is 1. The minimum atomic E-state index is -0.712. The second-order valence-electron chi connectivity index (χ2n) is 14.3. The molecule has 4 aromatic rings. The lowest BCUT2D eigenvalue weighted by molar-refractivity contribution is 0.0484. The fraction of sp³-hybridized carbons (Fsp3) is 0.436. The molecule has 0 radical (unpaired) electrons. The molecule has 13 heteroatoms. The first-order valence-electron chi connectivity index (χ1n) is 17.8. The van der Waals surface area contributed by atoms with Crippen LogP contribution in [0.1, 0.15) is 37.7 Å². The maximum Gasteiger partial charge on any atom is 0.409 e. The molecule has 4 atom stereocenters. The normalized spacial score (nSPS) is 23.8. The summed E-state index contributed by atoms with van der Waals surface area (Å²) in [6.07, 6.45) is 11.6. The Labute approximate surface area is 300 Å². The number of pyridine rings is 1. The van der Waals surface area contributed by atoms with Crippen molar-refractivity contribution in [2.75, 3.05) is 58.5 Å². The Kier molecular flexibility index (Phi) is 8.83. The summed E-state index contributed by atoms with van der Waals surface area (Å²) in [6.45, 7) is 6.82. The predicted octanol–water partition coefficient (Wildman–Crippen LogP) is 5.29. The van der Waals surface area contributed by atoms with Gasteiger partial charge in [0.15, 0.2) is 5.82 Å². The van der Waals surface area contributed by atoms with E-state index in [1.54, 1.807) is 38.4 Å². The Hall–Kier alpha value is -5.06. The third-order valence-electron chi connectivity index (χ3n) is 11.0. The number of carbonyl (C=O) groups is 1. The van der Waals surface area contributed by atoms with Crippen LogP contribution in [0, 0.1) is 24.0 Å². The van der Waals surface area contributed by atoms with Crippen LogP contribution in [0.4, 0.5) is 19.4 Å². The molecule has 2 aromatic heterocycles. The molecule has 3 saturated heterocycles. The van der Waals surface area contributed by atoms with E-state index < -0.39 is 11.6 Å². The fourth-order valence-electron chi connectivity index (χ4n) is 8.44. The number of carbonyl (C=O) groups excluding carboxylic acids is 1. The zero-order valence-corrected chi connectivity index (χ0v) is 29.3. The highest BCUT2D eigenvalue weighted by Crippen LogP contribution is 2.45. The van der Waals surface area contributed by atoms with Crippen molar-refractivity contribution in [1.29, 1.82) is 0 Å². The van der Waals surface area contributed by atoms with Crippen molar-refractivity contribution in [3.8, 4) is 35.5 Å². The minimum Gasteiger partial charge on any atom is -0.475 e. The molecule has 0 saturated carbocycles. The molecule has 3 fully saturated rings. The van der Waals surface area contributed by atoms with E-state index in [9.17, 15) is 4.79 Å². The summed E-state index contributed by atoms with van der Waals surface area (Å²) in [4.78, 5) is 32.5. The van der Waals surface area contributed by atoms with E-state index in [1.807, 2.05) is 6.08 Å². The number of fused-ring (bicyclic) bond motifs is 4. The van der Waals surface area contributed by atoms with Gasteiger partial charge >= 0.3 is 12.1 Å². The van der Waals surface area contributed by atoms with Crippen molar-refractivity contribution >= 4 is 33.6 Å². The Balaban J connectivity index is 1.22. The molecule has 2 aromatic carbocycles. The highest BCUT2D eigenvalue weighted by Gasteiger charge is 2.50. The fourth-order valence-corrected chi connectivity index (χ4v) is 8.44. The molecule has 4 aliphatic rings. The van der Waals surface area contributed by atoms with Gasteiger partial charge in [0.1, 0.15) is 48.1 Å². The van der Waals surface area contributed by atoms with Gasteiger partial charge in [-0.25, -0.2) is 18.6 Å². The number of nitrogens with zero attached hydrogens (tertiary/aromatic N) is 6. The summed E-state index contributed by atoms with van der Waals surface area (Å²) < 4.78 is 50.6. The van der Waals surface area contributed by atoms with Crippen LogP contribution in [0.15, 0.2) is 43.0 Å². The molecule has 6 heterocycles. The number of anilines is 1. The van der Waals surface area contributed by atoms with Crippen LogP contribution in [0.5, 0.6) is 11.9 Å². The highest BCUT2D eigenvalue weighted by atomic mass is 19.1. The van der Waals surface area contributed by atoms with Gasteiger partial charge in [0.25, 0.3) is 0 Å². The number of nitrogens with one attached hydrogen (secondary N) is 1. The summed E-state index contributed by atoms with van der Waals surface area (Å²) in [5.41, 5.74) is 0.00434. The molecule has 52 heavy (non-hydrogen) atoms. The third-order valence-corrected chi connectivity index (χ3v) is 11.0. The van der Waals surface area contributed by atoms with E-state index in [2.05, 4.69) is 27.6 Å². The lowest BCUT2D eigenvalue weighted by atomic mass is 9.95. The van der Waals surface area contributed by atoms with E-state index in [4.69, 9.17) is 35.6 Å². The smallest absolute Gasteiger partial charge is 0.409 e. The largest absolute Gasteiger partial charge is 0.475 e. The molecular weight excluding hydrogens is 668 g/mol. The molecule has 270 valence electrons. The first kappa shape index (κ1) is 34.0. The SMILES string of the molecule is C#Cc1c(F)ccc2cccc(-c3nc4c5c(nc(OC[C@]67CCCN6[C@@H](COC(=O)N(C)C)CC7)nc5c3F)N3C[C@@H](CC=C)NC[C@H]3CO4)c12. The first-order chi connectivity index (χ1) is 25.2. The summed E-state index contributed by atoms with van der Waals surface area (Å²) in [6, 6.07) is 8.24. The van der Waals surface area contributed by atoms with Gasteiger partial charge in [0, 0.05) is 50.2 Å². The average molecular weight is 710 g/mol. The molecule has 8 rings (SSSR count). The van der Waals surface area contributed by atoms with Gasteiger partial charge in [0.2, 0.25) is 5.88 Å². The number of ether oxygens (including phenoxy) is 3. The Morgan fingerprint density at radius 1 is 1.21 bits per heavy atom. The zero-order chi connectivity index (χ0) is 36.1. The van der Waals surface area contributed by atoms with Crippen LogP contribution in [0.3, 0.4) is 0 Å². The van der Waals surface area contributed by atoms with E-state index in [1.165, 1.54) is 11.0 Å². The molecule has 0 aliphatic carbocycles. The summed E-state index contributed by atoms with van der Waals surface area (Å²) >= 11 is 0. The van der Waals surface area contributed by atoms with Crippen LogP contribution >= 0.6 is 0 Å². The molecule has 1 amide bonds. The van der Waals surface area contributed by atoms with Gasteiger partial charge in [-0.15, -0.1) is 13.0 Å². The Bertz CT molecular complexity index is 2120. The first-order valence-corrected chi connectivity index (χ1v) is 17.8. The van der Waals surface area contributed by atoms with Crippen LogP contribution in [0.2, 0.25) is 0 Å². The van der Waals surface area contributed by atoms with Gasteiger partial charge in [-0.1, -0.05) is 36.3 Å². The average Bonchev–Trinajstić information content (AvgIpc) is 3.67. The topological polar surface area (TPSA) is 105 Å². The monoisotopic (exact) mass is 709 g/mol. The lowest BCUT2D eigenvalue weighted by Gasteiger charge is -2.39. The van der Waals surface area contributed by atoms with Crippen molar-refractivity contribution in [3.63, 3.8) is 0 Å². The Morgan fingerprint density at radius 3 is 2.88 bits per heavy atom. The molecule has 4 aliphatic heterocycles. The van der Waals surface area contributed by atoms with Crippen molar-refractivity contribution < 1.29 is 27.8 Å². The van der Waals surface area contributed by atoms with Crippen molar-refractivity contribution in [3.05, 3.63) is 60.2 Å². The number of halogens is 2. The van der Waals surface area contributed by atoms with Crippen LogP contribution in [-0.4, -0.2) is 108 Å². The second-order valence-corrected chi connectivity index (χ2v) is 14.3. The summed E-state index contributed by atoms with van der Waals surface area (Å²) in [5, 5.41) is 4.94. The minimum absolute atomic E-state index is 0.00390. The van der Waals surface area contributed by atoms with Crippen LogP contribution < -0.4 is 19.7 Å². The highest BCUT2D eigenvalue weighted by molar-refractivity contribution is 6.03. The molecule has 0 unspecified atom stereocenters. The standard InChI is InChI=1S/C39H41F2N7O4/c1-5-9-24-19-47-26(18-42-24)21-50-36-31-34(32(41)33(43-36)28-11-7-10-23-12-13-29(40)27(6-2)30(23)28)44-37(45-35(31)47)52-22-39-15-8-17-48(39)25(14-16-39)20-51-38(49)46(3)4/h2,5,7,10-13,24-26,42H,1,8-9,14-22H2,3-4H3/t24-,25-,26+,39-/m1/s1. The number of piperazine rings is 1.